The molecule has 1 unspecified atom stereocenters. The number of ether oxygens (including phenoxy) is 1. The van der Waals surface area contributed by atoms with Crippen LogP contribution in [0.1, 0.15) is 99.3 Å². The Bertz CT molecular complexity index is 1040. The predicted molar refractivity (Wildman–Crippen MR) is 178 cm³/mol. The Morgan fingerprint density at radius 2 is 1.70 bits per heavy atom. The largest absolute Gasteiger partial charge is 0.870 e. The summed E-state index contributed by atoms with van der Waals surface area (Å²) in [6, 6.07) is 0. The third-order valence-corrected chi connectivity index (χ3v) is 13.5. The van der Waals surface area contributed by atoms with Gasteiger partial charge in [-0.1, -0.05) is 65.3 Å². The molecule has 0 heterocycles. The Balaban J connectivity index is 0.00000529. The molecule has 3 fully saturated rings. The van der Waals surface area contributed by atoms with Gasteiger partial charge in [0.25, 0.3) is 0 Å². The molecular formula is C36H66NO6P. The maximum absolute atomic E-state index is 12.2. The first-order valence-electron chi connectivity index (χ1n) is 17.5. The normalized spacial score (nSPS) is 36.5. The molecule has 0 saturated heterocycles. The van der Waals surface area contributed by atoms with Crippen LogP contribution in [0.15, 0.2) is 23.8 Å². The Morgan fingerprint density at radius 1 is 1.00 bits per heavy atom. The lowest BCUT2D eigenvalue weighted by Gasteiger charge is -2.58. The van der Waals surface area contributed by atoms with Gasteiger partial charge in [-0.25, -0.2) is 4.57 Å². The van der Waals surface area contributed by atoms with Crippen molar-refractivity contribution >= 4 is 7.82 Å². The summed E-state index contributed by atoms with van der Waals surface area (Å²) in [5.74, 6) is 5.33. The fraction of sp³-hybridized carbons (Fsp3) is 0.889. The number of phosphoric acid groups is 1. The number of hydrogen-bond acceptors (Lipinski definition) is 5. The van der Waals surface area contributed by atoms with Crippen LogP contribution in [0.3, 0.4) is 0 Å². The molecule has 4 aliphatic carbocycles. The molecule has 10 atom stereocenters. The van der Waals surface area contributed by atoms with Crippen molar-refractivity contribution in [2.75, 3.05) is 47.5 Å². The molecule has 8 heteroatoms. The van der Waals surface area contributed by atoms with E-state index in [1.54, 1.807) is 5.57 Å². The lowest BCUT2D eigenvalue weighted by molar-refractivity contribution is -0.870. The van der Waals surface area contributed by atoms with Crippen LogP contribution < -0.4 is 0 Å². The van der Waals surface area contributed by atoms with Crippen LogP contribution in [0.25, 0.3) is 0 Å². The average molecular weight is 640 g/mol. The molecule has 0 spiro atoms. The molecule has 4 rings (SSSR count). The minimum atomic E-state index is -4.04. The third-order valence-electron chi connectivity index (χ3n) is 12.5. The van der Waals surface area contributed by atoms with Crippen molar-refractivity contribution in [3.8, 4) is 0 Å². The number of quaternary nitrogens is 1. The highest BCUT2D eigenvalue weighted by molar-refractivity contribution is 7.47. The summed E-state index contributed by atoms with van der Waals surface area (Å²) in [5, 5.41) is 0. The number of rotatable bonds is 14. The monoisotopic (exact) mass is 639 g/mol. The smallest absolute Gasteiger partial charge is 0.472 e. The van der Waals surface area contributed by atoms with Gasteiger partial charge in [-0.2, -0.15) is 0 Å². The van der Waals surface area contributed by atoms with E-state index in [4.69, 9.17) is 13.8 Å². The highest BCUT2D eigenvalue weighted by atomic mass is 31.2. The first-order valence-corrected chi connectivity index (χ1v) is 19.0. The van der Waals surface area contributed by atoms with Crippen molar-refractivity contribution in [2.24, 2.45) is 52.3 Å². The second kappa shape index (κ2) is 15.1. The summed E-state index contributed by atoms with van der Waals surface area (Å²) >= 11 is 0. The van der Waals surface area contributed by atoms with Gasteiger partial charge >= 0.3 is 7.82 Å². The molecule has 3 saturated carbocycles. The summed E-state index contributed by atoms with van der Waals surface area (Å²) in [7, 11) is 2.01. The van der Waals surface area contributed by atoms with Gasteiger partial charge < -0.3 is 19.6 Å². The minimum Gasteiger partial charge on any atom is -0.870 e. The molecule has 0 aromatic rings. The quantitative estimate of drug-likeness (QED) is 0.0887. The van der Waals surface area contributed by atoms with Crippen LogP contribution in [0, 0.1) is 52.3 Å². The molecule has 7 nitrogen and oxygen atoms in total. The number of fused-ring (bicyclic) bond motifs is 5. The van der Waals surface area contributed by atoms with E-state index in [1.165, 1.54) is 44.9 Å². The van der Waals surface area contributed by atoms with Crippen LogP contribution in [0.4, 0.5) is 0 Å². The summed E-state index contributed by atoms with van der Waals surface area (Å²) in [6.07, 6.45) is 19.1. The Hall–Kier alpha value is -0.530. The fourth-order valence-electron chi connectivity index (χ4n) is 9.79. The maximum atomic E-state index is 12.2. The van der Waals surface area contributed by atoms with Crippen LogP contribution >= 0.6 is 7.82 Å². The van der Waals surface area contributed by atoms with Crippen LogP contribution in [0.2, 0.25) is 0 Å². The summed E-state index contributed by atoms with van der Waals surface area (Å²) in [6.45, 7) is 16.0. The molecule has 0 aliphatic heterocycles. The number of allylic oxidation sites excluding steroid dienone is 3. The molecule has 0 amide bonds. The Labute approximate surface area is 269 Å². The lowest BCUT2D eigenvalue weighted by atomic mass is 9.47. The molecule has 44 heavy (non-hydrogen) atoms. The molecule has 4 aliphatic rings. The van der Waals surface area contributed by atoms with Gasteiger partial charge in [-0.3, -0.25) is 9.05 Å². The average Bonchev–Trinajstić information content (AvgIpc) is 3.27. The Kier molecular flexibility index (Phi) is 13.0. The first kappa shape index (κ1) is 37.9. The third kappa shape index (κ3) is 8.68. The van der Waals surface area contributed by atoms with Gasteiger partial charge in [0.05, 0.1) is 40.5 Å². The van der Waals surface area contributed by atoms with E-state index in [0.717, 1.165) is 42.4 Å². The van der Waals surface area contributed by atoms with E-state index in [0.29, 0.717) is 34.9 Å². The van der Waals surface area contributed by atoms with E-state index in [1.807, 2.05) is 21.1 Å². The van der Waals surface area contributed by atoms with Crippen molar-refractivity contribution < 1.29 is 33.2 Å². The van der Waals surface area contributed by atoms with Crippen molar-refractivity contribution in [3.05, 3.63) is 23.8 Å². The molecular weight excluding hydrogens is 573 g/mol. The van der Waals surface area contributed by atoms with E-state index in [-0.39, 0.29) is 30.2 Å². The second-order valence-corrected chi connectivity index (χ2v) is 17.9. The van der Waals surface area contributed by atoms with Crippen molar-refractivity contribution in [1.82, 2.24) is 0 Å². The number of phosphoric ester groups is 1. The van der Waals surface area contributed by atoms with Gasteiger partial charge in [0.2, 0.25) is 0 Å². The zero-order valence-corrected chi connectivity index (χ0v) is 30.4. The summed E-state index contributed by atoms with van der Waals surface area (Å²) in [4.78, 5) is 9.99. The SMILES string of the molecule is CC[C@H](C=C[C@@H](C)[C@H]1CC[C@H]2[C@@H]3CC=C4C[C@@H](OCCOP(=O)(O)OCC[N+](C)(C)C)CC[C@]4(C)[C@H]3CC[C@]12C)C(C)C.[OH-]. The molecule has 2 N–H and O–H groups in total. The maximum Gasteiger partial charge on any atom is 0.472 e. The van der Waals surface area contributed by atoms with Crippen molar-refractivity contribution in [2.45, 2.75) is 105 Å². The zero-order chi connectivity index (χ0) is 31.6. The van der Waals surface area contributed by atoms with E-state index < -0.39 is 7.82 Å². The molecule has 256 valence electrons. The zero-order valence-electron chi connectivity index (χ0n) is 29.5. The topological polar surface area (TPSA) is 95.0 Å². The van der Waals surface area contributed by atoms with Crippen LogP contribution in [0.5, 0.6) is 0 Å². The lowest BCUT2D eigenvalue weighted by Crippen LogP contribution is -2.51. The van der Waals surface area contributed by atoms with Gasteiger partial charge in [0, 0.05) is 0 Å². The van der Waals surface area contributed by atoms with Gasteiger partial charge in [0.1, 0.15) is 13.2 Å². The van der Waals surface area contributed by atoms with Gasteiger partial charge in [0.15, 0.2) is 0 Å². The van der Waals surface area contributed by atoms with Gasteiger partial charge in [-0.05, 0) is 110 Å². The van der Waals surface area contributed by atoms with Crippen LogP contribution in [-0.4, -0.2) is 68.5 Å². The molecule has 0 radical (unpaired) electrons. The standard InChI is InChI=1S/C36H64NO5P.H2O/c1-10-28(26(2)3)12-11-27(4)32-15-16-33-31-14-13-29-25-30(17-19-35(29,5)34(31)18-20-36(32,33)6)40-23-24-42-43(38,39)41-22-21-37(7,8)9;/h11-13,26-28,30-34H,10,14-25H2,1-9H3;1H2/t27-,28-,30+,31+,32-,33+,34+,35+,36-;/m1./s1. The second-order valence-electron chi connectivity index (χ2n) is 16.4. The minimum absolute atomic E-state index is 0. The van der Waals surface area contributed by atoms with E-state index in [9.17, 15) is 9.46 Å². The predicted octanol–water partition coefficient (Wildman–Crippen LogP) is 8.49. The number of nitrogens with zero attached hydrogens (tertiary/aromatic N) is 1. The number of likely N-dealkylation sites (N-methyl/N-ethyl adjacent to an activating group) is 1. The summed E-state index contributed by atoms with van der Waals surface area (Å²) < 4.78 is 29.4. The molecule has 0 aromatic carbocycles. The van der Waals surface area contributed by atoms with Gasteiger partial charge in [-0.15, -0.1) is 0 Å². The number of hydrogen-bond donors (Lipinski definition) is 1. The molecule has 0 aromatic heterocycles. The first-order chi connectivity index (χ1) is 20.1. The van der Waals surface area contributed by atoms with Crippen molar-refractivity contribution in [3.63, 3.8) is 0 Å². The Morgan fingerprint density at radius 3 is 2.36 bits per heavy atom. The van der Waals surface area contributed by atoms with E-state index >= 15 is 0 Å². The summed E-state index contributed by atoms with van der Waals surface area (Å²) in [5.41, 5.74) is 2.36. The molecule has 0 bridgehead atoms. The van der Waals surface area contributed by atoms with Crippen LogP contribution in [-0.2, 0) is 18.3 Å². The fourth-order valence-corrected chi connectivity index (χ4v) is 10.5. The highest BCUT2D eigenvalue weighted by Crippen LogP contribution is 2.67. The van der Waals surface area contributed by atoms with E-state index in [2.05, 4.69) is 59.8 Å². The van der Waals surface area contributed by atoms with Crippen molar-refractivity contribution in [1.29, 1.82) is 0 Å². The highest BCUT2D eigenvalue weighted by Gasteiger charge is 2.59.